The molecule has 0 unspecified atom stereocenters. The molecule has 2 nitrogen and oxygen atoms in total. The average molecular weight is 201 g/mol. The van der Waals surface area contributed by atoms with Crippen molar-refractivity contribution in [1.29, 1.82) is 0 Å². The highest BCUT2D eigenvalue weighted by atomic mass is 32.2. The third-order valence-corrected chi connectivity index (χ3v) is 3.87. The van der Waals surface area contributed by atoms with E-state index in [2.05, 4.69) is 6.92 Å². The van der Waals surface area contributed by atoms with Gasteiger partial charge in [-0.1, -0.05) is 37.9 Å². The first-order chi connectivity index (χ1) is 6.19. The molecule has 0 aromatic rings. The second kappa shape index (κ2) is 5.01. The first-order valence-corrected chi connectivity index (χ1v) is 6.14. The fourth-order valence-electron chi connectivity index (χ4n) is 1.73. The number of rotatable bonds is 3. The maximum absolute atomic E-state index is 11.7. The quantitative estimate of drug-likeness (QED) is 0.762. The maximum atomic E-state index is 11.7. The van der Waals surface area contributed by atoms with Crippen LogP contribution in [-0.4, -0.2) is 16.4 Å². The Balaban J connectivity index is 2.42. The summed E-state index contributed by atoms with van der Waals surface area (Å²) in [5, 5.41) is 0.217. The lowest BCUT2D eigenvalue weighted by Gasteiger charge is -2.31. The SMILES string of the molecule is CCCSC(=O)C1(N)CCCCC1. The Kier molecular flexibility index (Phi) is 4.26. The molecule has 76 valence electrons. The average Bonchev–Trinajstić information content (AvgIpc) is 2.15. The van der Waals surface area contributed by atoms with Gasteiger partial charge in [-0.05, 0) is 19.3 Å². The van der Waals surface area contributed by atoms with Crippen LogP contribution in [0.2, 0.25) is 0 Å². The predicted octanol–water partition coefficient (Wildman–Crippen LogP) is 2.32. The summed E-state index contributed by atoms with van der Waals surface area (Å²) in [6.07, 6.45) is 6.31. The van der Waals surface area contributed by atoms with Crippen molar-refractivity contribution in [3.63, 3.8) is 0 Å². The van der Waals surface area contributed by atoms with E-state index >= 15 is 0 Å². The normalized spacial score (nSPS) is 21.4. The Hall–Kier alpha value is -0.0200. The monoisotopic (exact) mass is 201 g/mol. The van der Waals surface area contributed by atoms with E-state index < -0.39 is 5.54 Å². The van der Waals surface area contributed by atoms with E-state index in [0.29, 0.717) is 0 Å². The van der Waals surface area contributed by atoms with Gasteiger partial charge in [0, 0.05) is 5.75 Å². The van der Waals surface area contributed by atoms with Crippen LogP contribution in [0.1, 0.15) is 45.4 Å². The third-order valence-electron chi connectivity index (χ3n) is 2.59. The molecule has 0 spiro atoms. The Bertz CT molecular complexity index is 176. The number of carbonyl (C=O) groups is 1. The Morgan fingerprint density at radius 1 is 1.38 bits per heavy atom. The first kappa shape index (κ1) is 11.1. The minimum atomic E-state index is -0.488. The van der Waals surface area contributed by atoms with E-state index in [1.165, 1.54) is 18.2 Å². The number of thioether (sulfide) groups is 1. The Labute approximate surface area is 84.6 Å². The van der Waals surface area contributed by atoms with Crippen molar-refractivity contribution < 1.29 is 4.79 Å². The zero-order valence-electron chi connectivity index (χ0n) is 8.34. The van der Waals surface area contributed by atoms with Crippen LogP contribution in [0.4, 0.5) is 0 Å². The van der Waals surface area contributed by atoms with Crippen LogP contribution in [0.3, 0.4) is 0 Å². The van der Waals surface area contributed by atoms with Crippen molar-refractivity contribution in [2.75, 3.05) is 5.75 Å². The number of carbonyl (C=O) groups excluding carboxylic acids is 1. The van der Waals surface area contributed by atoms with Crippen LogP contribution < -0.4 is 5.73 Å². The maximum Gasteiger partial charge on any atom is 0.208 e. The molecule has 0 amide bonds. The van der Waals surface area contributed by atoms with Crippen molar-refractivity contribution in [2.45, 2.75) is 51.0 Å². The molecule has 1 aliphatic rings. The molecular formula is C10H19NOS. The summed E-state index contributed by atoms with van der Waals surface area (Å²) < 4.78 is 0. The van der Waals surface area contributed by atoms with E-state index in [-0.39, 0.29) is 5.12 Å². The molecule has 0 aromatic carbocycles. The largest absolute Gasteiger partial charge is 0.318 e. The van der Waals surface area contributed by atoms with Crippen LogP contribution in [0, 0.1) is 0 Å². The summed E-state index contributed by atoms with van der Waals surface area (Å²) in [6, 6.07) is 0. The van der Waals surface area contributed by atoms with Crippen molar-refractivity contribution >= 4 is 16.9 Å². The smallest absolute Gasteiger partial charge is 0.208 e. The van der Waals surface area contributed by atoms with Gasteiger partial charge in [-0.3, -0.25) is 4.79 Å². The van der Waals surface area contributed by atoms with Gasteiger partial charge in [0.25, 0.3) is 0 Å². The molecule has 13 heavy (non-hydrogen) atoms. The van der Waals surface area contributed by atoms with E-state index in [4.69, 9.17) is 5.73 Å². The van der Waals surface area contributed by atoms with Crippen LogP contribution in [0.15, 0.2) is 0 Å². The molecule has 0 bridgehead atoms. The Morgan fingerprint density at radius 3 is 2.54 bits per heavy atom. The lowest BCUT2D eigenvalue weighted by atomic mass is 9.84. The summed E-state index contributed by atoms with van der Waals surface area (Å²) in [5.41, 5.74) is 5.58. The fraction of sp³-hybridized carbons (Fsp3) is 0.900. The zero-order valence-corrected chi connectivity index (χ0v) is 9.16. The summed E-state index contributed by atoms with van der Waals surface area (Å²) in [5.74, 6) is 0.914. The minimum Gasteiger partial charge on any atom is -0.318 e. The minimum absolute atomic E-state index is 0.217. The number of nitrogens with two attached hydrogens (primary N) is 1. The molecule has 0 atom stereocenters. The molecule has 2 N–H and O–H groups in total. The van der Waals surface area contributed by atoms with E-state index in [0.717, 1.165) is 37.9 Å². The standard InChI is InChI=1S/C10H19NOS/c1-2-8-13-9(12)10(11)6-4-3-5-7-10/h2-8,11H2,1H3. The van der Waals surface area contributed by atoms with Crippen molar-refractivity contribution in [3.8, 4) is 0 Å². The van der Waals surface area contributed by atoms with Gasteiger partial charge >= 0.3 is 0 Å². The molecule has 0 radical (unpaired) electrons. The molecule has 1 saturated carbocycles. The van der Waals surface area contributed by atoms with Crippen LogP contribution in [0.25, 0.3) is 0 Å². The van der Waals surface area contributed by atoms with Gasteiger partial charge < -0.3 is 5.73 Å². The van der Waals surface area contributed by atoms with Crippen LogP contribution in [-0.2, 0) is 4.79 Å². The summed E-state index contributed by atoms with van der Waals surface area (Å²) in [4.78, 5) is 11.7. The highest BCUT2D eigenvalue weighted by Crippen LogP contribution is 2.30. The Morgan fingerprint density at radius 2 is 2.00 bits per heavy atom. The van der Waals surface area contributed by atoms with Gasteiger partial charge in [0.2, 0.25) is 5.12 Å². The van der Waals surface area contributed by atoms with Gasteiger partial charge in [-0.2, -0.15) is 0 Å². The molecule has 1 aliphatic carbocycles. The van der Waals surface area contributed by atoms with Crippen molar-refractivity contribution in [3.05, 3.63) is 0 Å². The van der Waals surface area contributed by atoms with E-state index in [1.807, 2.05) is 0 Å². The van der Waals surface area contributed by atoms with Gasteiger partial charge in [0.05, 0.1) is 5.54 Å². The summed E-state index contributed by atoms with van der Waals surface area (Å²) in [6.45, 7) is 2.09. The second-order valence-corrected chi connectivity index (χ2v) is 4.92. The molecule has 0 aliphatic heterocycles. The summed E-state index contributed by atoms with van der Waals surface area (Å²) >= 11 is 1.42. The third kappa shape index (κ3) is 2.99. The molecule has 0 aromatic heterocycles. The summed E-state index contributed by atoms with van der Waals surface area (Å²) in [7, 11) is 0. The molecular weight excluding hydrogens is 182 g/mol. The fourth-order valence-corrected chi connectivity index (χ4v) is 2.61. The van der Waals surface area contributed by atoms with Crippen LogP contribution >= 0.6 is 11.8 Å². The second-order valence-electron chi connectivity index (χ2n) is 3.85. The molecule has 3 heteroatoms. The molecule has 1 rings (SSSR count). The predicted molar refractivity (Wildman–Crippen MR) is 57.8 cm³/mol. The topological polar surface area (TPSA) is 43.1 Å². The van der Waals surface area contributed by atoms with E-state index in [9.17, 15) is 4.79 Å². The van der Waals surface area contributed by atoms with Gasteiger partial charge in [0.1, 0.15) is 0 Å². The lowest BCUT2D eigenvalue weighted by molar-refractivity contribution is -0.116. The van der Waals surface area contributed by atoms with Crippen molar-refractivity contribution in [1.82, 2.24) is 0 Å². The number of hydrogen-bond acceptors (Lipinski definition) is 3. The van der Waals surface area contributed by atoms with Crippen molar-refractivity contribution in [2.24, 2.45) is 5.73 Å². The van der Waals surface area contributed by atoms with Crippen LogP contribution in [0.5, 0.6) is 0 Å². The lowest BCUT2D eigenvalue weighted by Crippen LogP contribution is -2.48. The van der Waals surface area contributed by atoms with Gasteiger partial charge in [-0.25, -0.2) is 0 Å². The molecule has 0 saturated heterocycles. The van der Waals surface area contributed by atoms with Gasteiger partial charge in [-0.15, -0.1) is 0 Å². The zero-order chi connectivity index (χ0) is 9.73. The molecule has 1 fully saturated rings. The highest BCUT2D eigenvalue weighted by Gasteiger charge is 2.34. The first-order valence-electron chi connectivity index (χ1n) is 5.15. The van der Waals surface area contributed by atoms with E-state index in [1.54, 1.807) is 0 Å². The number of hydrogen-bond donors (Lipinski definition) is 1. The van der Waals surface area contributed by atoms with Gasteiger partial charge in [0.15, 0.2) is 0 Å². The highest BCUT2D eigenvalue weighted by molar-refractivity contribution is 8.13. The molecule has 0 heterocycles.